The highest BCUT2D eigenvalue weighted by Gasteiger charge is 2.66. The predicted octanol–water partition coefficient (Wildman–Crippen LogP) is 6.51. The summed E-state index contributed by atoms with van der Waals surface area (Å²) in [4.78, 5) is 39.2. The smallest absolute Gasteiger partial charge is 0.159 e. The number of allylic oxidation sites excluding steroid dienone is 2. The van der Waals surface area contributed by atoms with Gasteiger partial charge in [0.25, 0.3) is 0 Å². The van der Waals surface area contributed by atoms with Crippen LogP contribution in [0.3, 0.4) is 0 Å². The lowest BCUT2D eigenvalue weighted by molar-refractivity contribution is -0.152. The van der Waals surface area contributed by atoms with Gasteiger partial charge in [-0.1, -0.05) is 55.9 Å². The molecule has 0 aliphatic heterocycles. The Labute approximate surface area is 207 Å². The predicted molar refractivity (Wildman–Crippen MR) is 135 cm³/mol. The molecular formula is C28H39IO3. The van der Waals surface area contributed by atoms with Gasteiger partial charge in [0.1, 0.15) is 12.1 Å². The van der Waals surface area contributed by atoms with Gasteiger partial charge in [0.15, 0.2) is 5.78 Å². The summed E-state index contributed by atoms with van der Waals surface area (Å²) in [7, 11) is 0. The van der Waals surface area contributed by atoms with Crippen molar-refractivity contribution in [2.75, 3.05) is 0 Å². The molecule has 0 radical (unpaired) electrons. The Bertz CT molecular complexity index is 916. The standard InChI is InChI=1S/C28H39IO3/c1-24(2)12-13-28(16-30)11-6-17-23(18(28)15-24)19(31)14-21-25(17,3)9-7-20-26(21,4)10-8-22(32)27(20,5)29/h14,16-18,20,23H,6-13,15H2,1-5H3. The molecule has 8 atom stereocenters. The average Bonchev–Trinajstić information content (AvgIpc) is 2.72. The number of alkyl halides is 1. The molecule has 0 saturated heterocycles. The summed E-state index contributed by atoms with van der Waals surface area (Å²) in [6, 6.07) is 0. The minimum Gasteiger partial charge on any atom is -0.303 e. The van der Waals surface area contributed by atoms with Crippen molar-refractivity contribution in [3.8, 4) is 0 Å². The van der Waals surface area contributed by atoms with E-state index in [1.807, 2.05) is 6.08 Å². The second-order valence-electron chi connectivity index (χ2n) is 13.4. The maximum atomic E-state index is 13.9. The van der Waals surface area contributed by atoms with Crippen molar-refractivity contribution in [3.63, 3.8) is 0 Å². The van der Waals surface area contributed by atoms with Gasteiger partial charge in [0, 0.05) is 17.8 Å². The van der Waals surface area contributed by atoms with E-state index >= 15 is 0 Å². The first-order valence-corrected chi connectivity index (χ1v) is 13.8. The molecule has 3 nitrogen and oxygen atoms in total. The highest BCUT2D eigenvalue weighted by atomic mass is 127. The van der Waals surface area contributed by atoms with Gasteiger partial charge in [-0.15, -0.1) is 0 Å². The van der Waals surface area contributed by atoms with Crippen LogP contribution >= 0.6 is 22.6 Å². The van der Waals surface area contributed by atoms with Crippen LogP contribution in [0.25, 0.3) is 0 Å². The molecule has 0 aromatic heterocycles. The van der Waals surface area contributed by atoms with Crippen molar-refractivity contribution in [2.24, 2.45) is 45.3 Å². The van der Waals surface area contributed by atoms with Crippen LogP contribution in [0.15, 0.2) is 11.6 Å². The van der Waals surface area contributed by atoms with Crippen LogP contribution in [0.4, 0.5) is 0 Å². The second kappa shape index (κ2) is 7.01. The van der Waals surface area contributed by atoms with E-state index in [2.05, 4.69) is 57.2 Å². The number of hydrogen-bond donors (Lipinski definition) is 0. The first kappa shape index (κ1) is 23.2. The van der Waals surface area contributed by atoms with E-state index in [9.17, 15) is 14.4 Å². The van der Waals surface area contributed by atoms with Gasteiger partial charge in [-0.25, -0.2) is 0 Å². The van der Waals surface area contributed by atoms with E-state index in [1.54, 1.807) is 0 Å². The van der Waals surface area contributed by atoms with Gasteiger partial charge in [-0.2, -0.15) is 0 Å². The van der Waals surface area contributed by atoms with Crippen LogP contribution < -0.4 is 0 Å². The second-order valence-corrected chi connectivity index (χ2v) is 15.6. The van der Waals surface area contributed by atoms with Crippen molar-refractivity contribution in [1.29, 1.82) is 0 Å². The molecule has 5 rings (SSSR count). The lowest BCUT2D eigenvalue weighted by atomic mass is 9.39. The number of aldehydes is 1. The van der Waals surface area contributed by atoms with Crippen molar-refractivity contribution < 1.29 is 14.4 Å². The van der Waals surface area contributed by atoms with Crippen LogP contribution in [-0.2, 0) is 14.4 Å². The van der Waals surface area contributed by atoms with Gasteiger partial charge in [0.05, 0.1) is 3.42 Å². The Kier molecular flexibility index (Phi) is 5.09. The summed E-state index contributed by atoms with van der Waals surface area (Å²) in [6.45, 7) is 11.5. The molecule has 5 aliphatic rings. The molecular weight excluding hydrogens is 511 g/mol. The summed E-state index contributed by atoms with van der Waals surface area (Å²) in [5.74, 6) is 1.45. The van der Waals surface area contributed by atoms with E-state index in [1.165, 1.54) is 11.9 Å². The van der Waals surface area contributed by atoms with Crippen molar-refractivity contribution in [3.05, 3.63) is 11.6 Å². The molecule has 4 heteroatoms. The monoisotopic (exact) mass is 550 g/mol. The zero-order valence-corrected chi connectivity index (χ0v) is 22.6. The SMILES string of the molecule is CC1(C)CCC2(C=O)CCC3C(C(=O)C=C4C3(C)CCC3C(C)(I)C(=O)CCC43C)C2C1. The molecule has 176 valence electrons. The van der Waals surface area contributed by atoms with E-state index in [-0.39, 0.29) is 42.7 Å². The largest absolute Gasteiger partial charge is 0.303 e. The molecule has 0 aromatic carbocycles. The molecule has 0 amide bonds. The molecule has 0 aromatic rings. The average molecular weight is 551 g/mol. The molecule has 0 bridgehead atoms. The fraction of sp³-hybridized carbons (Fsp3) is 0.821. The zero-order chi connectivity index (χ0) is 23.3. The number of fused-ring (bicyclic) bond motifs is 7. The van der Waals surface area contributed by atoms with Crippen LogP contribution in [0, 0.1) is 45.3 Å². The summed E-state index contributed by atoms with van der Waals surface area (Å²) in [5.41, 5.74) is 1.17. The van der Waals surface area contributed by atoms with Gasteiger partial charge in [-0.05, 0) is 98.4 Å². The number of carbonyl (C=O) groups excluding carboxylic acids is 3. The fourth-order valence-electron chi connectivity index (χ4n) is 9.33. The molecule has 0 N–H and O–H groups in total. The number of rotatable bonds is 1. The summed E-state index contributed by atoms with van der Waals surface area (Å²) in [5, 5.41) is 0. The topological polar surface area (TPSA) is 51.2 Å². The third-order valence-electron chi connectivity index (χ3n) is 11.3. The van der Waals surface area contributed by atoms with Crippen LogP contribution in [-0.4, -0.2) is 21.3 Å². The van der Waals surface area contributed by atoms with E-state index in [0.29, 0.717) is 24.0 Å². The lowest BCUT2D eigenvalue weighted by Gasteiger charge is -2.65. The van der Waals surface area contributed by atoms with Crippen LogP contribution in [0.1, 0.15) is 92.4 Å². The number of carbonyl (C=O) groups is 3. The quantitative estimate of drug-likeness (QED) is 0.213. The minimum absolute atomic E-state index is 0.00751. The highest BCUT2D eigenvalue weighted by molar-refractivity contribution is 14.1. The fourth-order valence-corrected chi connectivity index (χ4v) is 10.6. The summed E-state index contributed by atoms with van der Waals surface area (Å²) < 4.78 is -0.348. The van der Waals surface area contributed by atoms with E-state index < -0.39 is 0 Å². The van der Waals surface area contributed by atoms with Crippen molar-refractivity contribution >= 4 is 40.4 Å². The van der Waals surface area contributed by atoms with E-state index in [4.69, 9.17) is 0 Å². The maximum absolute atomic E-state index is 13.9. The molecule has 8 unspecified atom stereocenters. The number of hydrogen-bond acceptors (Lipinski definition) is 3. The summed E-state index contributed by atoms with van der Waals surface area (Å²) >= 11 is 2.41. The van der Waals surface area contributed by atoms with Gasteiger partial charge in [-0.3, -0.25) is 9.59 Å². The van der Waals surface area contributed by atoms with Crippen LogP contribution in [0.5, 0.6) is 0 Å². The molecule has 4 saturated carbocycles. The van der Waals surface area contributed by atoms with Crippen LogP contribution in [0.2, 0.25) is 0 Å². The first-order valence-electron chi connectivity index (χ1n) is 12.8. The summed E-state index contributed by atoms with van der Waals surface area (Å²) in [6.07, 6.45) is 11.8. The molecule has 5 aliphatic carbocycles. The Morgan fingerprint density at radius 3 is 2.31 bits per heavy atom. The number of halogens is 1. The Morgan fingerprint density at radius 2 is 1.62 bits per heavy atom. The molecule has 0 spiro atoms. The van der Waals surface area contributed by atoms with E-state index in [0.717, 1.165) is 51.4 Å². The van der Waals surface area contributed by atoms with Crippen molar-refractivity contribution in [1.82, 2.24) is 0 Å². The minimum atomic E-state index is -0.348. The molecule has 4 fully saturated rings. The Hall–Kier alpha value is -0.520. The normalized spacial score (nSPS) is 52.1. The first-order chi connectivity index (χ1) is 14.8. The Balaban J connectivity index is 1.60. The third-order valence-corrected chi connectivity index (χ3v) is 12.6. The zero-order valence-electron chi connectivity index (χ0n) is 20.4. The van der Waals surface area contributed by atoms with Gasteiger partial charge < -0.3 is 4.79 Å². The third kappa shape index (κ3) is 2.92. The maximum Gasteiger partial charge on any atom is 0.159 e. The van der Waals surface area contributed by atoms with Gasteiger partial charge in [0.2, 0.25) is 0 Å². The lowest BCUT2D eigenvalue weighted by Crippen LogP contribution is -2.62. The van der Waals surface area contributed by atoms with Gasteiger partial charge >= 0.3 is 0 Å². The molecule has 0 heterocycles. The molecule has 32 heavy (non-hydrogen) atoms. The number of ketones is 2. The van der Waals surface area contributed by atoms with Crippen molar-refractivity contribution in [2.45, 2.75) is 95.8 Å². The highest BCUT2D eigenvalue weighted by Crippen LogP contribution is 2.70. The Morgan fingerprint density at radius 1 is 0.906 bits per heavy atom. The number of Topliss-reactive ketones (excluding diaryl/α,β-unsaturated/α-hetero) is 1.